The molecule has 0 atom stereocenters. The van der Waals surface area contributed by atoms with E-state index >= 15 is 0 Å². The van der Waals surface area contributed by atoms with Gasteiger partial charge in [-0.3, -0.25) is 15.2 Å². The fraction of sp³-hybridized carbons (Fsp3) is 0.222. The Hall–Kier alpha value is -2.22. The van der Waals surface area contributed by atoms with Gasteiger partial charge in [-0.15, -0.1) is 0 Å². The van der Waals surface area contributed by atoms with E-state index in [9.17, 15) is 10.1 Å². The monoisotopic (exact) mass is 268 g/mol. The van der Waals surface area contributed by atoms with E-state index in [4.69, 9.17) is 11.6 Å². The number of halogens is 1. The molecule has 0 aliphatic heterocycles. The highest BCUT2D eigenvalue weighted by atomic mass is 35.5. The van der Waals surface area contributed by atoms with Gasteiger partial charge in [-0.1, -0.05) is 11.6 Å². The number of H-pyrrole nitrogens is 1. The van der Waals surface area contributed by atoms with Gasteiger partial charge in [0.15, 0.2) is 0 Å². The summed E-state index contributed by atoms with van der Waals surface area (Å²) in [6.07, 6.45) is 3.20. The van der Waals surface area contributed by atoms with Gasteiger partial charge in [0, 0.05) is 19.0 Å². The molecule has 0 radical (unpaired) electrons. The Labute approximate surface area is 107 Å². The number of nitro groups is 1. The second-order valence-electron chi connectivity index (χ2n) is 3.39. The van der Waals surface area contributed by atoms with E-state index in [1.165, 1.54) is 12.4 Å². The lowest BCUT2D eigenvalue weighted by Crippen LogP contribution is -2.08. The predicted molar refractivity (Wildman–Crippen MR) is 64.5 cm³/mol. The van der Waals surface area contributed by atoms with Crippen molar-refractivity contribution in [2.45, 2.75) is 6.42 Å². The van der Waals surface area contributed by atoms with E-state index in [0.717, 1.165) is 12.0 Å². The normalized spacial score (nSPS) is 10.3. The number of anilines is 1. The van der Waals surface area contributed by atoms with E-state index in [2.05, 4.69) is 25.5 Å². The van der Waals surface area contributed by atoms with E-state index in [0.29, 0.717) is 18.8 Å². The third-order valence-electron chi connectivity index (χ3n) is 2.16. The Kier molecular flexibility index (Phi) is 3.68. The second kappa shape index (κ2) is 5.41. The van der Waals surface area contributed by atoms with Gasteiger partial charge in [-0.25, -0.2) is 9.97 Å². The smallest absolute Gasteiger partial charge is 0.289 e. The lowest BCUT2D eigenvalue weighted by Gasteiger charge is -2.05. The number of aromatic amines is 1. The van der Waals surface area contributed by atoms with Crippen molar-refractivity contribution in [2.24, 2.45) is 0 Å². The van der Waals surface area contributed by atoms with Crippen LogP contribution >= 0.6 is 11.6 Å². The molecule has 2 aromatic heterocycles. The molecule has 8 nitrogen and oxygen atoms in total. The van der Waals surface area contributed by atoms with Crippen LogP contribution in [-0.2, 0) is 6.42 Å². The van der Waals surface area contributed by atoms with Crippen LogP contribution in [0.15, 0.2) is 18.6 Å². The Bertz CT molecular complexity index is 544. The molecule has 0 fully saturated rings. The van der Waals surface area contributed by atoms with Gasteiger partial charge in [0.1, 0.15) is 24.2 Å². The molecule has 0 saturated heterocycles. The fourth-order valence-corrected chi connectivity index (χ4v) is 1.54. The quantitative estimate of drug-likeness (QED) is 0.627. The molecule has 94 valence electrons. The van der Waals surface area contributed by atoms with Crippen molar-refractivity contribution in [1.82, 2.24) is 20.2 Å². The summed E-state index contributed by atoms with van der Waals surface area (Å²) >= 11 is 5.87. The Morgan fingerprint density at radius 1 is 1.50 bits per heavy atom. The van der Waals surface area contributed by atoms with Crippen molar-refractivity contribution in [2.75, 3.05) is 11.9 Å². The number of nitrogens with one attached hydrogen (secondary N) is 2. The minimum atomic E-state index is -0.544. The maximum absolute atomic E-state index is 10.5. The maximum atomic E-state index is 10.5. The highest BCUT2D eigenvalue weighted by molar-refractivity contribution is 6.33. The van der Waals surface area contributed by atoms with Crippen molar-refractivity contribution in [3.63, 3.8) is 0 Å². The number of pyridine rings is 1. The van der Waals surface area contributed by atoms with Gasteiger partial charge in [0.05, 0.1) is 9.95 Å². The highest BCUT2D eigenvalue weighted by Crippen LogP contribution is 2.23. The van der Waals surface area contributed by atoms with Crippen LogP contribution in [0.3, 0.4) is 0 Å². The average Bonchev–Trinajstić information content (AvgIpc) is 2.84. The number of hydrogen-bond acceptors (Lipinski definition) is 6. The summed E-state index contributed by atoms with van der Waals surface area (Å²) < 4.78 is 0. The SMILES string of the molecule is O=[N+]([O-])c1cnc(NCCc2ncn[nH]2)c(Cl)c1. The summed E-state index contributed by atoms with van der Waals surface area (Å²) in [5.74, 6) is 1.14. The van der Waals surface area contributed by atoms with Gasteiger partial charge in [0.2, 0.25) is 0 Å². The van der Waals surface area contributed by atoms with Gasteiger partial charge >= 0.3 is 0 Å². The van der Waals surface area contributed by atoms with Crippen molar-refractivity contribution in [3.05, 3.63) is 39.6 Å². The summed E-state index contributed by atoms with van der Waals surface area (Å²) in [5.41, 5.74) is -0.138. The zero-order chi connectivity index (χ0) is 13.0. The van der Waals surface area contributed by atoms with Crippen molar-refractivity contribution < 1.29 is 4.92 Å². The standard InChI is InChI=1S/C9H9ClN6O2/c10-7-3-6(16(17)18)4-12-9(7)11-2-1-8-13-5-14-15-8/h3-5H,1-2H2,(H,11,12)(H,13,14,15). The summed E-state index contributed by atoms with van der Waals surface area (Å²) in [4.78, 5) is 17.8. The van der Waals surface area contributed by atoms with E-state index in [1.54, 1.807) is 0 Å². The molecule has 0 amide bonds. The van der Waals surface area contributed by atoms with Crippen molar-refractivity contribution in [3.8, 4) is 0 Å². The minimum absolute atomic E-state index is 0.138. The van der Waals surface area contributed by atoms with Crippen molar-refractivity contribution in [1.29, 1.82) is 0 Å². The second-order valence-corrected chi connectivity index (χ2v) is 3.80. The molecular formula is C9H9ClN6O2. The predicted octanol–water partition coefficient (Wildman–Crippen LogP) is 1.42. The van der Waals surface area contributed by atoms with Gasteiger partial charge in [-0.05, 0) is 0 Å². The van der Waals surface area contributed by atoms with Crippen LogP contribution in [0.4, 0.5) is 11.5 Å². The first-order valence-corrected chi connectivity index (χ1v) is 5.42. The lowest BCUT2D eigenvalue weighted by molar-refractivity contribution is -0.385. The fourth-order valence-electron chi connectivity index (χ4n) is 1.31. The largest absolute Gasteiger partial charge is 0.368 e. The molecule has 0 unspecified atom stereocenters. The van der Waals surface area contributed by atoms with Crippen LogP contribution in [-0.4, -0.2) is 31.6 Å². The molecule has 0 aliphatic carbocycles. The number of hydrogen-bond donors (Lipinski definition) is 2. The van der Waals surface area contributed by atoms with Gasteiger partial charge in [0.25, 0.3) is 5.69 Å². The first-order valence-electron chi connectivity index (χ1n) is 5.05. The molecule has 0 spiro atoms. The number of rotatable bonds is 5. The van der Waals surface area contributed by atoms with Gasteiger partial charge < -0.3 is 5.32 Å². The van der Waals surface area contributed by atoms with Crippen LogP contribution in [0.25, 0.3) is 0 Å². The topological polar surface area (TPSA) is 110 Å². The van der Waals surface area contributed by atoms with Crippen LogP contribution in [0.1, 0.15) is 5.82 Å². The molecule has 2 aromatic rings. The number of nitrogens with zero attached hydrogens (tertiary/aromatic N) is 4. The average molecular weight is 269 g/mol. The molecule has 9 heteroatoms. The van der Waals surface area contributed by atoms with Crippen LogP contribution in [0.5, 0.6) is 0 Å². The Morgan fingerprint density at radius 2 is 2.33 bits per heavy atom. The first-order chi connectivity index (χ1) is 8.66. The first kappa shape index (κ1) is 12.2. The molecule has 2 heterocycles. The summed E-state index contributed by atoms with van der Waals surface area (Å²) in [6, 6.07) is 1.26. The zero-order valence-electron chi connectivity index (χ0n) is 9.13. The van der Waals surface area contributed by atoms with Crippen molar-refractivity contribution >= 4 is 23.1 Å². The maximum Gasteiger partial charge on any atom is 0.289 e. The lowest BCUT2D eigenvalue weighted by atomic mass is 10.3. The van der Waals surface area contributed by atoms with E-state index in [-0.39, 0.29) is 10.7 Å². The van der Waals surface area contributed by atoms with Gasteiger partial charge in [-0.2, -0.15) is 5.10 Å². The molecule has 0 aliphatic rings. The minimum Gasteiger partial charge on any atom is -0.368 e. The third kappa shape index (κ3) is 2.92. The molecule has 0 bridgehead atoms. The van der Waals surface area contributed by atoms with Crippen LogP contribution in [0, 0.1) is 10.1 Å². The highest BCUT2D eigenvalue weighted by Gasteiger charge is 2.10. The summed E-state index contributed by atoms with van der Waals surface area (Å²) in [7, 11) is 0. The van der Waals surface area contributed by atoms with Crippen LogP contribution < -0.4 is 5.32 Å². The molecule has 18 heavy (non-hydrogen) atoms. The molecular weight excluding hydrogens is 260 g/mol. The Balaban J connectivity index is 1.95. The third-order valence-corrected chi connectivity index (χ3v) is 2.44. The summed E-state index contributed by atoms with van der Waals surface area (Å²) in [5, 5.41) is 20.1. The summed E-state index contributed by atoms with van der Waals surface area (Å²) in [6.45, 7) is 0.541. The van der Waals surface area contributed by atoms with E-state index in [1.807, 2.05) is 0 Å². The number of aromatic nitrogens is 4. The van der Waals surface area contributed by atoms with Crippen LogP contribution in [0.2, 0.25) is 5.02 Å². The molecule has 2 rings (SSSR count). The Morgan fingerprint density at radius 3 is 2.94 bits per heavy atom. The van der Waals surface area contributed by atoms with E-state index < -0.39 is 4.92 Å². The zero-order valence-corrected chi connectivity index (χ0v) is 9.89. The molecule has 2 N–H and O–H groups in total. The molecule has 0 saturated carbocycles. The molecule has 0 aromatic carbocycles.